The molecule has 0 aromatic rings. The first kappa shape index (κ1) is 17.9. The van der Waals surface area contributed by atoms with E-state index >= 15 is 0 Å². The van der Waals surface area contributed by atoms with Crippen molar-refractivity contribution < 1.29 is 14.3 Å². The van der Waals surface area contributed by atoms with E-state index in [1.165, 1.54) is 4.90 Å². The molecule has 0 aromatic heterocycles. The van der Waals surface area contributed by atoms with Crippen LogP contribution < -0.4 is 5.73 Å². The van der Waals surface area contributed by atoms with E-state index in [9.17, 15) is 9.59 Å². The number of likely N-dealkylation sites (N-methyl/N-ethyl adjacent to an activating group) is 1. The fraction of sp³-hybridized carbons (Fsp3) is 0.867. The molecular formula is C15H29N3O3. The number of amides is 2. The van der Waals surface area contributed by atoms with Gasteiger partial charge >= 0.3 is 0 Å². The highest BCUT2D eigenvalue weighted by atomic mass is 16.5. The number of methoxy groups -OCH3 is 1. The lowest BCUT2D eigenvalue weighted by Gasteiger charge is -2.40. The quantitative estimate of drug-likeness (QED) is 0.773. The van der Waals surface area contributed by atoms with Crippen LogP contribution in [0, 0.1) is 5.92 Å². The summed E-state index contributed by atoms with van der Waals surface area (Å²) in [6.07, 6.45) is 3.73. The van der Waals surface area contributed by atoms with Crippen LogP contribution in [0.25, 0.3) is 0 Å². The standard InChI is InChI=1S/C15H29N3O3/c1-15(16)8-6-5-7-12(15)14(20)18(9-10-21-4)11-13(19)17(2)3/h12H,5-11,16H2,1-4H3. The topological polar surface area (TPSA) is 75.9 Å². The van der Waals surface area contributed by atoms with Crippen molar-refractivity contribution in [3.63, 3.8) is 0 Å². The Hall–Kier alpha value is -1.14. The van der Waals surface area contributed by atoms with Crippen LogP contribution in [0.3, 0.4) is 0 Å². The second-order valence-corrected chi connectivity index (χ2v) is 6.34. The number of carbonyl (C=O) groups is 2. The molecule has 0 aliphatic heterocycles. The first-order valence-electron chi connectivity index (χ1n) is 7.56. The van der Waals surface area contributed by atoms with Crippen molar-refractivity contribution in [2.24, 2.45) is 11.7 Å². The zero-order valence-electron chi connectivity index (χ0n) is 13.7. The Morgan fingerprint density at radius 1 is 1.33 bits per heavy atom. The number of hydrogen-bond acceptors (Lipinski definition) is 4. The summed E-state index contributed by atoms with van der Waals surface area (Å²) in [4.78, 5) is 27.8. The van der Waals surface area contributed by atoms with Crippen molar-refractivity contribution in [2.45, 2.75) is 38.1 Å². The normalized spacial score (nSPS) is 25.5. The van der Waals surface area contributed by atoms with Crippen LogP contribution in [0.2, 0.25) is 0 Å². The van der Waals surface area contributed by atoms with Crippen LogP contribution in [0.15, 0.2) is 0 Å². The van der Waals surface area contributed by atoms with Gasteiger partial charge in [-0.2, -0.15) is 0 Å². The molecule has 0 radical (unpaired) electrons. The van der Waals surface area contributed by atoms with E-state index in [1.807, 2.05) is 6.92 Å². The minimum Gasteiger partial charge on any atom is -0.383 e. The number of carbonyl (C=O) groups excluding carboxylic acids is 2. The lowest BCUT2D eigenvalue weighted by molar-refractivity contribution is -0.145. The van der Waals surface area contributed by atoms with E-state index in [2.05, 4.69) is 0 Å². The monoisotopic (exact) mass is 299 g/mol. The number of nitrogens with two attached hydrogens (primary N) is 1. The van der Waals surface area contributed by atoms with Gasteiger partial charge in [-0.15, -0.1) is 0 Å². The van der Waals surface area contributed by atoms with Gasteiger partial charge in [0.05, 0.1) is 19.1 Å². The van der Waals surface area contributed by atoms with E-state index in [0.717, 1.165) is 25.7 Å². The Balaban J connectivity index is 2.80. The van der Waals surface area contributed by atoms with Gasteiger partial charge in [-0.3, -0.25) is 9.59 Å². The Labute approximate surface area is 127 Å². The van der Waals surface area contributed by atoms with Gasteiger partial charge < -0.3 is 20.3 Å². The van der Waals surface area contributed by atoms with Crippen molar-refractivity contribution in [1.29, 1.82) is 0 Å². The van der Waals surface area contributed by atoms with E-state index < -0.39 is 5.54 Å². The van der Waals surface area contributed by atoms with Crippen molar-refractivity contribution >= 4 is 11.8 Å². The molecule has 1 aliphatic carbocycles. The third kappa shape index (κ3) is 4.97. The molecule has 1 saturated carbocycles. The van der Waals surface area contributed by atoms with Gasteiger partial charge in [0.1, 0.15) is 0 Å². The van der Waals surface area contributed by atoms with Crippen LogP contribution in [-0.4, -0.2) is 68.1 Å². The molecule has 0 aromatic carbocycles. The number of hydrogen-bond donors (Lipinski definition) is 1. The molecule has 6 heteroatoms. The SMILES string of the molecule is COCCN(CC(=O)N(C)C)C(=O)C1CCCCC1(C)N. The summed E-state index contributed by atoms with van der Waals surface area (Å²) in [7, 11) is 4.97. The largest absolute Gasteiger partial charge is 0.383 e. The van der Waals surface area contributed by atoms with Crippen molar-refractivity contribution in [1.82, 2.24) is 9.80 Å². The van der Waals surface area contributed by atoms with Gasteiger partial charge in [0, 0.05) is 33.3 Å². The van der Waals surface area contributed by atoms with Crippen LogP contribution in [-0.2, 0) is 14.3 Å². The lowest BCUT2D eigenvalue weighted by atomic mass is 9.74. The maximum Gasteiger partial charge on any atom is 0.241 e. The summed E-state index contributed by atoms with van der Waals surface area (Å²) < 4.78 is 5.05. The summed E-state index contributed by atoms with van der Waals surface area (Å²) in [5.74, 6) is -0.320. The average molecular weight is 299 g/mol. The van der Waals surface area contributed by atoms with E-state index in [4.69, 9.17) is 10.5 Å². The lowest BCUT2D eigenvalue weighted by Crippen LogP contribution is -2.55. The minimum absolute atomic E-state index is 0.0213. The van der Waals surface area contributed by atoms with E-state index in [0.29, 0.717) is 13.2 Å². The molecule has 0 saturated heterocycles. The Kier molecular flexibility index (Phi) is 6.61. The third-order valence-electron chi connectivity index (χ3n) is 4.25. The van der Waals surface area contributed by atoms with Crippen LogP contribution in [0.1, 0.15) is 32.6 Å². The maximum atomic E-state index is 12.8. The molecule has 1 rings (SSSR count). The fourth-order valence-corrected chi connectivity index (χ4v) is 2.76. The number of nitrogens with zero attached hydrogens (tertiary/aromatic N) is 2. The number of rotatable bonds is 6. The van der Waals surface area contributed by atoms with Gasteiger partial charge in [-0.25, -0.2) is 0 Å². The molecule has 122 valence electrons. The molecule has 2 unspecified atom stereocenters. The van der Waals surface area contributed by atoms with Crippen LogP contribution in [0.4, 0.5) is 0 Å². The first-order chi connectivity index (χ1) is 9.79. The molecular weight excluding hydrogens is 270 g/mol. The van der Waals surface area contributed by atoms with Crippen molar-refractivity contribution in [2.75, 3.05) is 40.9 Å². The van der Waals surface area contributed by atoms with Gasteiger partial charge in [-0.1, -0.05) is 12.8 Å². The van der Waals surface area contributed by atoms with E-state index in [-0.39, 0.29) is 24.3 Å². The molecule has 0 spiro atoms. The molecule has 1 fully saturated rings. The fourth-order valence-electron chi connectivity index (χ4n) is 2.76. The van der Waals surface area contributed by atoms with E-state index in [1.54, 1.807) is 26.1 Å². The van der Waals surface area contributed by atoms with Gasteiger partial charge in [-0.05, 0) is 19.8 Å². The molecule has 6 nitrogen and oxygen atoms in total. The second kappa shape index (κ2) is 7.75. The zero-order chi connectivity index (χ0) is 16.0. The molecule has 0 bridgehead atoms. The van der Waals surface area contributed by atoms with Crippen LogP contribution in [0.5, 0.6) is 0 Å². The van der Waals surface area contributed by atoms with Crippen molar-refractivity contribution in [3.05, 3.63) is 0 Å². The third-order valence-corrected chi connectivity index (χ3v) is 4.25. The summed E-state index contributed by atoms with van der Waals surface area (Å²) in [5, 5.41) is 0. The molecule has 2 N–H and O–H groups in total. The number of ether oxygens (including phenoxy) is 1. The maximum absolute atomic E-state index is 12.8. The first-order valence-corrected chi connectivity index (χ1v) is 7.56. The predicted octanol–water partition coefficient (Wildman–Crippen LogP) is 0.457. The smallest absolute Gasteiger partial charge is 0.241 e. The Bertz CT molecular complexity index is 369. The summed E-state index contributed by atoms with van der Waals surface area (Å²) in [6.45, 7) is 2.86. The molecule has 2 atom stereocenters. The van der Waals surface area contributed by atoms with Gasteiger partial charge in [0.15, 0.2) is 0 Å². The highest BCUT2D eigenvalue weighted by molar-refractivity contribution is 5.86. The van der Waals surface area contributed by atoms with Crippen molar-refractivity contribution in [3.8, 4) is 0 Å². The second-order valence-electron chi connectivity index (χ2n) is 6.34. The summed E-state index contributed by atoms with van der Waals surface area (Å²) in [6, 6.07) is 0. The Morgan fingerprint density at radius 2 is 2.00 bits per heavy atom. The molecule has 21 heavy (non-hydrogen) atoms. The predicted molar refractivity (Wildman–Crippen MR) is 81.7 cm³/mol. The Morgan fingerprint density at radius 3 is 2.52 bits per heavy atom. The highest BCUT2D eigenvalue weighted by Crippen LogP contribution is 2.32. The minimum atomic E-state index is -0.484. The van der Waals surface area contributed by atoms with Gasteiger partial charge in [0.2, 0.25) is 11.8 Å². The van der Waals surface area contributed by atoms with Crippen LogP contribution >= 0.6 is 0 Å². The summed E-state index contributed by atoms with van der Waals surface area (Å²) in [5.41, 5.74) is 5.82. The highest BCUT2D eigenvalue weighted by Gasteiger charge is 2.40. The van der Waals surface area contributed by atoms with Gasteiger partial charge in [0.25, 0.3) is 0 Å². The molecule has 1 aliphatic rings. The molecule has 0 heterocycles. The summed E-state index contributed by atoms with van der Waals surface area (Å²) >= 11 is 0. The average Bonchev–Trinajstić information content (AvgIpc) is 2.41. The molecule has 2 amide bonds. The zero-order valence-corrected chi connectivity index (χ0v) is 13.7.